The van der Waals surface area contributed by atoms with E-state index in [1.807, 2.05) is 0 Å². The van der Waals surface area contributed by atoms with E-state index >= 15 is 0 Å². The fourth-order valence-corrected chi connectivity index (χ4v) is 2.27. The summed E-state index contributed by atoms with van der Waals surface area (Å²) in [5, 5.41) is 26.3. The van der Waals surface area contributed by atoms with Crippen molar-refractivity contribution < 1.29 is 19.6 Å². The lowest BCUT2D eigenvalue weighted by molar-refractivity contribution is -0.386. The Morgan fingerprint density at radius 3 is 2.57 bits per heavy atom. The Hall–Kier alpha value is -2.45. The maximum atomic E-state index is 11.9. The van der Waals surface area contributed by atoms with Crippen molar-refractivity contribution in [2.75, 3.05) is 0 Å². The maximum absolute atomic E-state index is 11.9. The van der Waals surface area contributed by atoms with Gasteiger partial charge in [-0.1, -0.05) is 0 Å². The minimum Gasteiger partial charge on any atom is -0.480 e. The Labute approximate surface area is 120 Å². The molecule has 0 saturated heterocycles. The van der Waals surface area contributed by atoms with E-state index in [0.717, 1.165) is 12.8 Å². The van der Waals surface area contributed by atoms with Gasteiger partial charge in [0.1, 0.15) is 24.0 Å². The Morgan fingerprint density at radius 1 is 1.52 bits per heavy atom. The molecule has 1 aliphatic rings. The second kappa shape index (κ2) is 5.51. The molecule has 1 aromatic heterocycles. The predicted molar refractivity (Wildman–Crippen MR) is 70.6 cm³/mol. The summed E-state index contributed by atoms with van der Waals surface area (Å²) >= 11 is 0. The van der Waals surface area contributed by atoms with Gasteiger partial charge in [-0.2, -0.15) is 5.10 Å². The molecule has 21 heavy (non-hydrogen) atoms. The number of carbonyl (C=O) groups is 2. The zero-order valence-corrected chi connectivity index (χ0v) is 11.7. The molecule has 2 N–H and O–H groups in total. The number of aryl methyl sites for hydroxylation is 1. The highest BCUT2D eigenvalue weighted by molar-refractivity contribution is 5.84. The van der Waals surface area contributed by atoms with E-state index in [1.54, 1.807) is 0 Å². The minimum atomic E-state index is -1.06. The van der Waals surface area contributed by atoms with Crippen LogP contribution in [0.15, 0.2) is 0 Å². The summed E-state index contributed by atoms with van der Waals surface area (Å²) in [4.78, 5) is 33.3. The van der Waals surface area contributed by atoms with E-state index in [4.69, 9.17) is 5.11 Å². The number of amides is 1. The lowest BCUT2D eigenvalue weighted by Crippen LogP contribution is -2.43. The van der Waals surface area contributed by atoms with E-state index in [9.17, 15) is 19.7 Å². The van der Waals surface area contributed by atoms with Crippen LogP contribution in [0.25, 0.3) is 0 Å². The van der Waals surface area contributed by atoms with Crippen LogP contribution >= 0.6 is 0 Å². The number of carboxylic acid groups (broad SMARTS) is 1. The highest BCUT2D eigenvalue weighted by atomic mass is 16.6. The molecule has 1 amide bonds. The summed E-state index contributed by atoms with van der Waals surface area (Å²) in [6, 6.07) is -0.899. The number of carboxylic acids is 1. The summed E-state index contributed by atoms with van der Waals surface area (Å²) in [7, 11) is 0. The minimum absolute atomic E-state index is 0.0266. The van der Waals surface area contributed by atoms with Crippen LogP contribution in [0.3, 0.4) is 0 Å². The van der Waals surface area contributed by atoms with Crippen molar-refractivity contribution in [1.82, 2.24) is 15.1 Å². The van der Waals surface area contributed by atoms with Crippen LogP contribution in [0.1, 0.15) is 24.2 Å². The molecule has 2 rings (SSSR count). The molecule has 1 aromatic rings. The fourth-order valence-electron chi connectivity index (χ4n) is 2.27. The molecule has 1 fully saturated rings. The smallest absolute Gasteiger partial charge is 0.326 e. The Morgan fingerprint density at radius 2 is 2.14 bits per heavy atom. The van der Waals surface area contributed by atoms with Gasteiger partial charge in [-0.25, -0.2) is 4.79 Å². The number of aliphatic carboxylic acids is 1. The van der Waals surface area contributed by atoms with Crippen molar-refractivity contribution in [3.63, 3.8) is 0 Å². The average molecular weight is 296 g/mol. The Bertz CT molecular complexity index is 605. The molecule has 0 spiro atoms. The highest BCUT2D eigenvalue weighted by Gasteiger charge is 2.37. The first kappa shape index (κ1) is 14.9. The van der Waals surface area contributed by atoms with Crippen molar-refractivity contribution in [2.45, 2.75) is 39.3 Å². The monoisotopic (exact) mass is 296 g/mol. The van der Waals surface area contributed by atoms with Crippen molar-refractivity contribution in [3.05, 3.63) is 21.5 Å². The van der Waals surface area contributed by atoms with Gasteiger partial charge in [0.05, 0.1) is 4.92 Å². The van der Waals surface area contributed by atoms with Gasteiger partial charge in [0.2, 0.25) is 5.91 Å². The molecule has 9 heteroatoms. The second-order valence-corrected chi connectivity index (χ2v) is 5.16. The molecule has 1 heterocycles. The SMILES string of the molecule is Cc1nn(CC(=O)NC(C(=O)O)C2CC2)c(C)c1[N+](=O)[O-]. The average Bonchev–Trinajstić information content (AvgIpc) is 3.14. The van der Waals surface area contributed by atoms with Crippen LogP contribution in [0.4, 0.5) is 5.69 Å². The van der Waals surface area contributed by atoms with Gasteiger partial charge in [-0.3, -0.25) is 19.6 Å². The van der Waals surface area contributed by atoms with Crippen molar-refractivity contribution in [2.24, 2.45) is 5.92 Å². The normalized spacial score (nSPS) is 15.5. The van der Waals surface area contributed by atoms with Crippen LogP contribution < -0.4 is 5.32 Å². The number of hydrogen-bond acceptors (Lipinski definition) is 5. The second-order valence-electron chi connectivity index (χ2n) is 5.16. The van der Waals surface area contributed by atoms with Crippen LogP contribution in [-0.4, -0.2) is 37.7 Å². The van der Waals surface area contributed by atoms with Crippen molar-refractivity contribution >= 4 is 17.6 Å². The molecule has 114 valence electrons. The van der Waals surface area contributed by atoms with E-state index in [-0.39, 0.29) is 29.5 Å². The number of aromatic nitrogens is 2. The molecule has 0 bridgehead atoms. The van der Waals surface area contributed by atoms with E-state index < -0.39 is 22.8 Å². The standard InChI is InChI=1S/C12H16N4O5/c1-6-11(16(20)21)7(2)15(14-6)5-9(17)13-10(12(18)19)8-3-4-8/h8,10H,3-5H2,1-2H3,(H,13,17)(H,18,19). The summed E-state index contributed by atoms with van der Waals surface area (Å²) in [6.45, 7) is 2.75. The van der Waals surface area contributed by atoms with Crippen LogP contribution in [-0.2, 0) is 16.1 Å². The quantitative estimate of drug-likeness (QED) is 0.577. The number of hydrogen-bond donors (Lipinski definition) is 2. The lowest BCUT2D eigenvalue weighted by Gasteiger charge is -2.13. The van der Waals surface area contributed by atoms with Gasteiger partial charge in [0.25, 0.3) is 0 Å². The molecular weight excluding hydrogens is 280 g/mol. The van der Waals surface area contributed by atoms with Gasteiger partial charge in [0.15, 0.2) is 0 Å². The Kier molecular flexibility index (Phi) is 3.92. The third-order valence-corrected chi connectivity index (χ3v) is 3.50. The molecule has 1 atom stereocenters. The zero-order valence-electron chi connectivity index (χ0n) is 11.7. The van der Waals surface area contributed by atoms with E-state index in [0.29, 0.717) is 0 Å². The molecular formula is C12H16N4O5. The van der Waals surface area contributed by atoms with E-state index in [1.165, 1.54) is 18.5 Å². The maximum Gasteiger partial charge on any atom is 0.326 e. The third-order valence-electron chi connectivity index (χ3n) is 3.50. The summed E-state index contributed by atoms with van der Waals surface area (Å²) < 4.78 is 1.22. The van der Waals surface area contributed by atoms with Gasteiger partial charge in [-0.15, -0.1) is 0 Å². The number of nitrogens with zero attached hydrogens (tertiary/aromatic N) is 3. The molecule has 0 aromatic carbocycles. The molecule has 1 saturated carbocycles. The first-order chi connectivity index (χ1) is 9.81. The van der Waals surface area contributed by atoms with Crippen molar-refractivity contribution in [3.8, 4) is 0 Å². The molecule has 1 unspecified atom stereocenters. The summed E-state index contributed by atoms with van der Waals surface area (Å²) in [5.41, 5.74) is 0.369. The largest absolute Gasteiger partial charge is 0.480 e. The summed E-state index contributed by atoms with van der Waals surface area (Å²) in [6.07, 6.45) is 1.56. The highest BCUT2D eigenvalue weighted by Crippen LogP contribution is 2.32. The fraction of sp³-hybridized carbons (Fsp3) is 0.583. The first-order valence-corrected chi connectivity index (χ1v) is 6.51. The van der Waals surface area contributed by atoms with Gasteiger partial charge in [0, 0.05) is 0 Å². The molecule has 9 nitrogen and oxygen atoms in total. The lowest BCUT2D eigenvalue weighted by atomic mass is 10.2. The van der Waals surface area contributed by atoms with Gasteiger partial charge >= 0.3 is 11.7 Å². The number of rotatable bonds is 6. The Balaban J connectivity index is 2.07. The van der Waals surface area contributed by atoms with Gasteiger partial charge in [-0.05, 0) is 32.6 Å². The van der Waals surface area contributed by atoms with Crippen LogP contribution in [0.5, 0.6) is 0 Å². The number of nitrogens with one attached hydrogen (secondary N) is 1. The van der Waals surface area contributed by atoms with Gasteiger partial charge < -0.3 is 10.4 Å². The van der Waals surface area contributed by atoms with Crippen molar-refractivity contribution in [1.29, 1.82) is 0 Å². The molecule has 1 aliphatic carbocycles. The topological polar surface area (TPSA) is 127 Å². The number of nitro groups is 1. The third kappa shape index (κ3) is 3.18. The van der Waals surface area contributed by atoms with Crippen LogP contribution in [0.2, 0.25) is 0 Å². The predicted octanol–water partition coefficient (Wildman–Crippen LogP) is 0.388. The zero-order chi connectivity index (χ0) is 15.7. The first-order valence-electron chi connectivity index (χ1n) is 6.51. The summed E-state index contributed by atoms with van der Waals surface area (Å²) in [5.74, 6) is -1.61. The van der Waals surface area contributed by atoms with Crippen LogP contribution in [0, 0.1) is 29.9 Å². The van der Waals surface area contributed by atoms with E-state index in [2.05, 4.69) is 10.4 Å². The molecule has 0 aliphatic heterocycles. The number of carbonyl (C=O) groups excluding carboxylic acids is 1. The molecule has 0 radical (unpaired) electrons.